The Morgan fingerprint density at radius 3 is 2.80 bits per heavy atom. The van der Waals surface area contributed by atoms with Crippen molar-refractivity contribution in [1.82, 2.24) is 20.9 Å². The number of hydrogen-bond acceptors (Lipinski definition) is 4. The van der Waals surface area contributed by atoms with E-state index in [1.165, 1.54) is 45.3 Å². The fraction of sp³-hybridized carbons (Fsp3) is 1.00. The second-order valence-electron chi connectivity index (χ2n) is 5.02. The lowest BCUT2D eigenvalue weighted by atomic mass is 9.99. The maximum Gasteiger partial charge on any atom is 0.0742 e. The molecule has 4 nitrogen and oxygen atoms in total. The minimum atomic E-state index is 0.556. The molecule has 2 unspecified atom stereocenters. The van der Waals surface area contributed by atoms with E-state index in [9.17, 15) is 0 Å². The average molecular weight is 210 g/mol. The number of piperidine rings is 2. The molecule has 4 heteroatoms. The van der Waals surface area contributed by atoms with Crippen LogP contribution in [0.25, 0.3) is 0 Å². The summed E-state index contributed by atoms with van der Waals surface area (Å²) in [6.07, 6.45) is 5.96. The van der Waals surface area contributed by atoms with Crippen molar-refractivity contribution in [3.63, 3.8) is 0 Å². The van der Waals surface area contributed by atoms with E-state index in [4.69, 9.17) is 0 Å². The molecule has 86 valence electrons. The normalized spacial score (nSPS) is 42.8. The van der Waals surface area contributed by atoms with Gasteiger partial charge in [0.1, 0.15) is 0 Å². The minimum absolute atomic E-state index is 0.556. The summed E-state index contributed by atoms with van der Waals surface area (Å²) in [6.45, 7) is 4.66. The maximum absolute atomic E-state index is 3.59. The first-order valence-corrected chi connectivity index (χ1v) is 6.38. The van der Waals surface area contributed by atoms with Crippen molar-refractivity contribution in [2.24, 2.45) is 0 Å². The maximum atomic E-state index is 3.59. The van der Waals surface area contributed by atoms with Crippen molar-refractivity contribution in [3.05, 3.63) is 0 Å². The van der Waals surface area contributed by atoms with Crippen LogP contribution < -0.4 is 16.0 Å². The molecule has 0 aromatic heterocycles. The van der Waals surface area contributed by atoms with Crippen LogP contribution in [0.3, 0.4) is 0 Å². The van der Waals surface area contributed by atoms with Crippen LogP contribution in [0.4, 0.5) is 0 Å². The number of nitrogens with zero attached hydrogens (tertiary/aromatic N) is 1. The predicted molar refractivity (Wildman–Crippen MR) is 60.5 cm³/mol. The van der Waals surface area contributed by atoms with Gasteiger partial charge in [-0.3, -0.25) is 10.2 Å². The van der Waals surface area contributed by atoms with Gasteiger partial charge in [0.25, 0.3) is 0 Å². The SMILES string of the molecule is C1CNC2NCN([C@@H]3CCCNC3)C2C1. The molecule has 0 aliphatic carbocycles. The summed E-state index contributed by atoms with van der Waals surface area (Å²) in [4.78, 5) is 2.68. The molecule has 3 heterocycles. The number of rotatable bonds is 1. The molecule has 0 saturated carbocycles. The number of fused-ring (bicyclic) bond motifs is 1. The number of nitrogens with one attached hydrogen (secondary N) is 3. The van der Waals surface area contributed by atoms with Gasteiger partial charge >= 0.3 is 0 Å². The lowest BCUT2D eigenvalue weighted by Gasteiger charge is -2.38. The largest absolute Gasteiger partial charge is 0.315 e. The van der Waals surface area contributed by atoms with Crippen LogP contribution in [0.5, 0.6) is 0 Å². The Bertz CT molecular complexity index is 215. The monoisotopic (exact) mass is 210 g/mol. The highest BCUT2D eigenvalue weighted by atomic mass is 15.4. The zero-order valence-corrected chi connectivity index (χ0v) is 9.34. The van der Waals surface area contributed by atoms with E-state index in [2.05, 4.69) is 20.9 Å². The van der Waals surface area contributed by atoms with Crippen molar-refractivity contribution >= 4 is 0 Å². The minimum Gasteiger partial charge on any atom is -0.315 e. The first-order valence-electron chi connectivity index (χ1n) is 6.38. The van der Waals surface area contributed by atoms with E-state index in [0.29, 0.717) is 6.17 Å². The fourth-order valence-electron chi connectivity index (χ4n) is 3.27. The second kappa shape index (κ2) is 4.37. The predicted octanol–water partition coefficient (Wildman–Crippen LogP) is -0.321. The highest BCUT2D eigenvalue weighted by Gasteiger charge is 2.38. The smallest absolute Gasteiger partial charge is 0.0742 e. The van der Waals surface area contributed by atoms with Gasteiger partial charge in [-0.05, 0) is 38.8 Å². The van der Waals surface area contributed by atoms with Crippen LogP contribution in [0, 0.1) is 0 Å². The Labute approximate surface area is 91.8 Å². The van der Waals surface area contributed by atoms with E-state index in [1.54, 1.807) is 0 Å². The van der Waals surface area contributed by atoms with Gasteiger partial charge in [-0.25, -0.2) is 0 Å². The Kier molecular flexibility index (Phi) is 2.92. The zero-order chi connectivity index (χ0) is 10.1. The standard InChI is InChI=1S/C11H22N4/c1-3-9(7-12-5-1)15-8-14-11-10(15)4-2-6-13-11/h9-14H,1-8H2/t9-,10?,11?/m1/s1. The molecule has 3 atom stereocenters. The molecule has 3 fully saturated rings. The highest BCUT2D eigenvalue weighted by Crippen LogP contribution is 2.23. The molecule has 3 aliphatic rings. The van der Waals surface area contributed by atoms with Crippen molar-refractivity contribution in [1.29, 1.82) is 0 Å². The van der Waals surface area contributed by atoms with E-state index in [0.717, 1.165) is 18.8 Å². The average Bonchev–Trinajstić information content (AvgIpc) is 2.74. The first-order chi connectivity index (χ1) is 7.45. The second-order valence-corrected chi connectivity index (χ2v) is 5.02. The van der Waals surface area contributed by atoms with Crippen molar-refractivity contribution < 1.29 is 0 Å². The lowest BCUT2D eigenvalue weighted by molar-refractivity contribution is 0.125. The molecule has 0 amide bonds. The topological polar surface area (TPSA) is 39.3 Å². The quantitative estimate of drug-likeness (QED) is 0.555. The Morgan fingerprint density at radius 1 is 1.00 bits per heavy atom. The molecule has 3 rings (SSSR count). The van der Waals surface area contributed by atoms with Gasteiger partial charge in [0.2, 0.25) is 0 Å². The molecule has 3 aliphatic heterocycles. The Morgan fingerprint density at radius 2 is 1.93 bits per heavy atom. The van der Waals surface area contributed by atoms with Crippen LogP contribution in [0.15, 0.2) is 0 Å². The van der Waals surface area contributed by atoms with Crippen LogP contribution >= 0.6 is 0 Å². The molecule has 15 heavy (non-hydrogen) atoms. The zero-order valence-electron chi connectivity index (χ0n) is 9.34. The van der Waals surface area contributed by atoms with Gasteiger partial charge in [-0.2, -0.15) is 0 Å². The lowest BCUT2D eigenvalue weighted by Crippen LogP contribution is -2.54. The third-order valence-corrected chi connectivity index (χ3v) is 4.09. The van der Waals surface area contributed by atoms with Crippen LogP contribution in [-0.2, 0) is 0 Å². The Hall–Kier alpha value is -0.160. The third kappa shape index (κ3) is 1.91. The molecular formula is C11H22N4. The van der Waals surface area contributed by atoms with E-state index >= 15 is 0 Å². The van der Waals surface area contributed by atoms with Crippen molar-refractivity contribution in [2.45, 2.75) is 43.9 Å². The van der Waals surface area contributed by atoms with E-state index in [-0.39, 0.29) is 0 Å². The molecule has 0 spiro atoms. The van der Waals surface area contributed by atoms with Crippen molar-refractivity contribution in [3.8, 4) is 0 Å². The number of hydrogen-bond donors (Lipinski definition) is 3. The molecular weight excluding hydrogens is 188 g/mol. The molecule has 3 saturated heterocycles. The van der Waals surface area contributed by atoms with E-state index in [1.807, 2.05) is 0 Å². The molecule has 0 aromatic rings. The summed E-state index contributed by atoms with van der Waals surface area (Å²) in [5.74, 6) is 0. The Balaban J connectivity index is 1.65. The first kappa shape index (κ1) is 10.0. The van der Waals surface area contributed by atoms with Crippen LogP contribution in [0.1, 0.15) is 25.7 Å². The molecule has 0 aromatic carbocycles. The summed E-state index contributed by atoms with van der Waals surface area (Å²) < 4.78 is 0. The third-order valence-electron chi connectivity index (χ3n) is 4.09. The van der Waals surface area contributed by atoms with Gasteiger partial charge in [0.15, 0.2) is 0 Å². The van der Waals surface area contributed by atoms with E-state index < -0.39 is 0 Å². The summed E-state index contributed by atoms with van der Waals surface area (Å²) in [6, 6.07) is 1.50. The van der Waals surface area contributed by atoms with Gasteiger partial charge in [-0.15, -0.1) is 0 Å². The summed E-state index contributed by atoms with van der Waals surface area (Å²) in [5.41, 5.74) is 0. The van der Waals surface area contributed by atoms with Crippen LogP contribution in [0.2, 0.25) is 0 Å². The molecule has 0 radical (unpaired) electrons. The molecule has 3 N–H and O–H groups in total. The summed E-state index contributed by atoms with van der Waals surface area (Å²) in [7, 11) is 0. The fourth-order valence-corrected chi connectivity index (χ4v) is 3.27. The van der Waals surface area contributed by atoms with Gasteiger partial charge in [0, 0.05) is 18.6 Å². The van der Waals surface area contributed by atoms with Gasteiger partial charge in [0.05, 0.1) is 12.8 Å². The van der Waals surface area contributed by atoms with Gasteiger partial charge < -0.3 is 10.6 Å². The van der Waals surface area contributed by atoms with Gasteiger partial charge in [-0.1, -0.05) is 0 Å². The summed E-state index contributed by atoms with van der Waals surface area (Å²) >= 11 is 0. The van der Waals surface area contributed by atoms with Crippen LogP contribution in [-0.4, -0.2) is 49.5 Å². The molecule has 0 bridgehead atoms. The summed E-state index contributed by atoms with van der Waals surface area (Å²) in [5, 5.41) is 10.7. The highest BCUT2D eigenvalue weighted by molar-refractivity contribution is 4.95. The van der Waals surface area contributed by atoms with Crippen molar-refractivity contribution in [2.75, 3.05) is 26.3 Å².